The number of carboxylic acid groups (broad SMARTS) is 1. The zero-order chi connectivity index (χ0) is 13.7. The first-order valence-electron chi connectivity index (χ1n) is 5.64. The molecule has 0 radical (unpaired) electrons. The maximum atomic E-state index is 10.9. The molecule has 0 aliphatic heterocycles. The zero-order valence-electron chi connectivity index (χ0n) is 10.4. The van der Waals surface area contributed by atoms with Crippen LogP contribution in [0, 0.1) is 5.92 Å². The van der Waals surface area contributed by atoms with Crippen LogP contribution >= 0.6 is 0 Å². The minimum Gasteiger partial charge on any atom is -0.481 e. The van der Waals surface area contributed by atoms with E-state index in [-0.39, 0.29) is 18.4 Å². The first-order valence-corrected chi connectivity index (χ1v) is 5.64. The Balaban J connectivity index is 2.74. The van der Waals surface area contributed by atoms with E-state index in [0.717, 1.165) is 0 Å². The van der Waals surface area contributed by atoms with Gasteiger partial charge in [0.1, 0.15) is 5.82 Å². The highest BCUT2D eigenvalue weighted by Gasteiger charge is 2.17. The summed E-state index contributed by atoms with van der Waals surface area (Å²) in [5.41, 5.74) is 5.42. The number of aromatic nitrogens is 1. The average Bonchev–Trinajstić information content (AvgIpc) is 2.28. The summed E-state index contributed by atoms with van der Waals surface area (Å²) in [5.74, 6) is -0.728. The molecule has 6 heteroatoms. The van der Waals surface area contributed by atoms with Crippen molar-refractivity contribution in [1.82, 2.24) is 4.98 Å². The fourth-order valence-corrected chi connectivity index (χ4v) is 1.46. The number of carboxylic acids is 1. The molecule has 1 rings (SSSR count). The molecule has 98 valence electrons. The summed E-state index contributed by atoms with van der Waals surface area (Å²) in [7, 11) is 0. The summed E-state index contributed by atoms with van der Waals surface area (Å²) < 4.78 is 0. The Labute approximate surface area is 105 Å². The van der Waals surface area contributed by atoms with E-state index >= 15 is 0 Å². The van der Waals surface area contributed by atoms with Gasteiger partial charge in [-0.3, -0.25) is 9.59 Å². The summed E-state index contributed by atoms with van der Waals surface area (Å²) in [6.45, 7) is 3.86. The van der Waals surface area contributed by atoms with E-state index < -0.39 is 11.9 Å². The second kappa shape index (κ2) is 6.00. The molecule has 1 aromatic heterocycles. The topological polar surface area (TPSA) is 105 Å². The van der Waals surface area contributed by atoms with Gasteiger partial charge < -0.3 is 16.2 Å². The highest BCUT2D eigenvalue weighted by molar-refractivity contribution is 5.92. The molecule has 0 bridgehead atoms. The third-order valence-electron chi connectivity index (χ3n) is 2.58. The van der Waals surface area contributed by atoms with Gasteiger partial charge in [0.15, 0.2) is 0 Å². The number of hydrogen-bond donors (Lipinski definition) is 3. The number of pyridine rings is 1. The monoisotopic (exact) mass is 251 g/mol. The van der Waals surface area contributed by atoms with Crippen LogP contribution in [0.3, 0.4) is 0 Å². The number of carbonyl (C=O) groups is 2. The van der Waals surface area contributed by atoms with E-state index in [2.05, 4.69) is 10.3 Å². The van der Waals surface area contributed by atoms with Crippen LogP contribution in [0.2, 0.25) is 0 Å². The van der Waals surface area contributed by atoms with Crippen molar-refractivity contribution in [1.29, 1.82) is 0 Å². The Morgan fingerprint density at radius 2 is 2.11 bits per heavy atom. The highest BCUT2D eigenvalue weighted by Crippen LogP contribution is 2.13. The fraction of sp³-hybridized carbons (Fsp3) is 0.417. The number of aliphatic carboxylic acids is 1. The standard InChI is InChI=1S/C12H17N3O3/c1-7(2)9(5-11(16)17)15-10-4-3-8(6-14-10)12(13)18/h3-4,6-7,9H,5H2,1-2H3,(H2,13,18)(H,14,15)(H,16,17). The number of anilines is 1. The van der Waals surface area contributed by atoms with E-state index in [4.69, 9.17) is 10.8 Å². The molecule has 1 unspecified atom stereocenters. The molecule has 0 fully saturated rings. The van der Waals surface area contributed by atoms with E-state index in [9.17, 15) is 9.59 Å². The minimum absolute atomic E-state index is 0.0108. The Bertz CT molecular complexity index is 429. The molecule has 6 nitrogen and oxygen atoms in total. The van der Waals surface area contributed by atoms with Crippen LogP contribution in [0.5, 0.6) is 0 Å². The molecule has 18 heavy (non-hydrogen) atoms. The third kappa shape index (κ3) is 4.04. The molecule has 0 spiro atoms. The smallest absolute Gasteiger partial charge is 0.305 e. The van der Waals surface area contributed by atoms with Crippen LogP contribution < -0.4 is 11.1 Å². The Kier molecular flexibility index (Phi) is 4.65. The molecule has 1 atom stereocenters. The van der Waals surface area contributed by atoms with Crippen molar-refractivity contribution in [2.75, 3.05) is 5.32 Å². The molecule has 0 aliphatic rings. The average molecular weight is 251 g/mol. The second-order valence-corrected chi connectivity index (χ2v) is 4.39. The summed E-state index contributed by atoms with van der Waals surface area (Å²) >= 11 is 0. The van der Waals surface area contributed by atoms with E-state index in [1.165, 1.54) is 6.20 Å². The lowest BCUT2D eigenvalue weighted by atomic mass is 10.0. The van der Waals surface area contributed by atoms with E-state index in [0.29, 0.717) is 11.4 Å². The van der Waals surface area contributed by atoms with Crippen molar-refractivity contribution >= 4 is 17.7 Å². The van der Waals surface area contributed by atoms with Crippen molar-refractivity contribution in [2.24, 2.45) is 11.7 Å². The van der Waals surface area contributed by atoms with Crippen LogP contribution in [-0.2, 0) is 4.79 Å². The Hall–Kier alpha value is -2.11. The number of nitrogens with zero attached hydrogens (tertiary/aromatic N) is 1. The van der Waals surface area contributed by atoms with Crippen LogP contribution in [0.1, 0.15) is 30.6 Å². The largest absolute Gasteiger partial charge is 0.481 e. The molecule has 4 N–H and O–H groups in total. The molecule has 1 amide bonds. The normalized spacial score (nSPS) is 12.2. The van der Waals surface area contributed by atoms with Gasteiger partial charge in [0, 0.05) is 12.2 Å². The third-order valence-corrected chi connectivity index (χ3v) is 2.58. The van der Waals surface area contributed by atoms with Crippen LogP contribution in [0.25, 0.3) is 0 Å². The molecule has 0 aliphatic carbocycles. The fourth-order valence-electron chi connectivity index (χ4n) is 1.46. The molecule has 0 saturated carbocycles. The lowest BCUT2D eigenvalue weighted by Crippen LogP contribution is -2.29. The van der Waals surface area contributed by atoms with E-state index in [1.54, 1.807) is 12.1 Å². The van der Waals surface area contributed by atoms with Crippen LogP contribution in [0.4, 0.5) is 5.82 Å². The quantitative estimate of drug-likeness (QED) is 0.701. The van der Waals surface area contributed by atoms with Crippen molar-refractivity contribution in [3.63, 3.8) is 0 Å². The number of amides is 1. The van der Waals surface area contributed by atoms with E-state index in [1.807, 2.05) is 13.8 Å². The van der Waals surface area contributed by atoms with Crippen molar-refractivity contribution in [3.8, 4) is 0 Å². The highest BCUT2D eigenvalue weighted by atomic mass is 16.4. The first-order chi connectivity index (χ1) is 8.40. The van der Waals surface area contributed by atoms with Gasteiger partial charge >= 0.3 is 5.97 Å². The number of hydrogen-bond acceptors (Lipinski definition) is 4. The lowest BCUT2D eigenvalue weighted by Gasteiger charge is -2.21. The number of carbonyl (C=O) groups excluding carboxylic acids is 1. The number of nitrogens with two attached hydrogens (primary N) is 1. The summed E-state index contributed by atoms with van der Waals surface area (Å²) in [5, 5.41) is 11.8. The Morgan fingerprint density at radius 3 is 2.50 bits per heavy atom. The van der Waals surface area contributed by atoms with Gasteiger partial charge in [0.25, 0.3) is 0 Å². The number of primary amides is 1. The molecule has 0 aromatic carbocycles. The SMILES string of the molecule is CC(C)C(CC(=O)O)Nc1ccc(C(N)=O)cn1. The van der Waals surface area contributed by atoms with Gasteiger partial charge in [-0.1, -0.05) is 13.8 Å². The van der Waals surface area contributed by atoms with Crippen LogP contribution in [-0.4, -0.2) is 28.0 Å². The number of nitrogens with one attached hydrogen (secondary N) is 1. The minimum atomic E-state index is -0.866. The maximum Gasteiger partial charge on any atom is 0.305 e. The van der Waals surface area contributed by atoms with Gasteiger partial charge in [-0.2, -0.15) is 0 Å². The van der Waals surface area contributed by atoms with Gasteiger partial charge in [0.2, 0.25) is 5.91 Å². The predicted octanol–water partition coefficient (Wildman–Crippen LogP) is 1.09. The molecular formula is C12H17N3O3. The first kappa shape index (κ1) is 14.0. The molecule has 1 heterocycles. The number of rotatable bonds is 6. The maximum absolute atomic E-state index is 10.9. The molecule has 0 saturated heterocycles. The summed E-state index contributed by atoms with van der Waals surface area (Å²) in [6.07, 6.45) is 1.37. The van der Waals surface area contributed by atoms with Crippen molar-refractivity contribution < 1.29 is 14.7 Å². The van der Waals surface area contributed by atoms with Gasteiger partial charge in [0.05, 0.1) is 12.0 Å². The van der Waals surface area contributed by atoms with Gasteiger partial charge in [-0.25, -0.2) is 4.98 Å². The molecular weight excluding hydrogens is 234 g/mol. The summed E-state index contributed by atoms with van der Waals surface area (Å²) in [6, 6.07) is 2.95. The van der Waals surface area contributed by atoms with Gasteiger partial charge in [-0.15, -0.1) is 0 Å². The lowest BCUT2D eigenvalue weighted by molar-refractivity contribution is -0.137. The predicted molar refractivity (Wildman–Crippen MR) is 67.3 cm³/mol. The zero-order valence-corrected chi connectivity index (χ0v) is 10.4. The van der Waals surface area contributed by atoms with Gasteiger partial charge in [-0.05, 0) is 18.1 Å². The Morgan fingerprint density at radius 1 is 1.44 bits per heavy atom. The molecule has 1 aromatic rings. The summed E-state index contributed by atoms with van der Waals surface area (Å²) in [4.78, 5) is 25.6. The van der Waals surface area contributed by atoms with Crippen LogP contribution in [0.15, 0.2) is 18.3 Å². The van der Waals surface area contributed by atoms with Crippen molar-refractivity contribution in [3.05, 3.63) is 23.9 Å². The van der Waals surface area contributed by atoms with Crippen molar-refractivity contribution in [2.45, 2.75) is 26.3 Å². The second-order valence-electron chi connectivity index (χ2n) is 4.39.